The molecule has 76 valence electrons. The van der Waals surface area contributed by atoms with E-state index in [4.69, 9.17) is 4.84 Å². The van der Waals surface area contributed by atoms with Crippen molar-refractivity contribution in [3.63, 3.8) is 0 Å². The van der Waals surface area contributed by atoms with Crippen LogP contribution in [0.25, 0.3) is 0 Å². The summed E-state index contributed by atoms with van der Waals surface area (Å²) in [6.45, 7) is 1.92. The topological polar surface area (TPSA) is 24.8 Å². The first-order chi connectivity index (χ1) is 6.65. The van der Waals surface area contributed by atoms with E-state index in [1.54, 1.807) is 7.11 Å². The van der Waals surface area contributed by atoms with Crippen molar-refractivity contribution in [1.82, 2.24) is 0 Å². The Morgan fingerprint density at radius 1 is 1.21 bits per heavy atom. The molecule has 1 aromatic rings. The summed E-state index contributed by atoms with van der Waals surface area (Å²) < 4.78 is 0. The van der Waals surface area contributed by atoms with Crippen molar-refractivity contribution < 1.29 is 4.84 Å². The van der Waals surface area contributed by atoms with Crippen LogP contribution < -0.4 is 4.90 Å². The molecule has 0 fully saturated rings. The van der Waals surface area contributed by atoms with Gasteiger partial charge < -0.3 is 9.74 Å². The number of rotatable bonds is 3. The van der Waals surface area contributed by atoms with Crippen LogP contribution in [0.1, 0.15) is 12.5 Å². The lowest BCUT2D eigenvalue weighted by molar-refractivity contribution is 0.213. The van der Waals surface area contributed by atoms with Crippen molar-refractivity contribution in [2.75, 3.05) is 26.1 Å². The van der Waals surface area contributed by atoms with Gasteiger partial charge in [0.2, 0.25) is 0 Å². The molecule has 0 saturated heterocycles. The summed E-state index contributed by atoms with van der Waals surface area (Å²) in [4.78, 5) is 6.78. The third-order valence-electron chi connectivity index (χ3n) is 2.03. The van der Waals surface area contributed by atoms with Crippen LogP contribution in [-0.4, -0.2) is 26.9 Å². The molecule has 14 heavy (non-hydrogen) atoms. The van der Waals surface area contributed by atoms with Gasteiger partial charge >= 0.3 is 0 Å². The maximum atomic E-state index is 4.71. The van der Waals surface area contributed by atoms with Crippen LogP contribution in [0.15, 0.2) is 29.4 Å². The first-order valence-corrected chi connectivity index (χ1v) is 4.50. The fourth-order valence-corrected chi connectivity index (χ4v) is 1.19. The minimum absolute atomic E-state index is 0.887. The quantitative estimate of drug-likeness (QED) is 0.541. The molecule has 0 bridgehead atoms. The Morgan fingerprint density at radius 3 is 2.21 bits per heavy atom. The zero-order valence-electron chi connectivity index (χ0n) is 9.11. The van der Waals surface area contributed by atoms with E-state index in [1.165, 1.54) is 5.69 Å². The van der Waals surface area contributed by atoms with E-state index in [1.807, 2.05) is 33.2 Å². The molecule has 0 aromatic heterocycles. The normalized spacial score (nSPS) is 11.3. The molecular formula is C11H16N2O. The van der Waals surface area contributed by atoms with E-state index >= 15 is 0 Å². The molecule has 0 atom stereocenters. The standard InChI is InChI=1S/C11H16N2O/c1-9(12-14-4)10-5-7-11(8-6-10)13(2)3/h5-8H,1-4H3. The van der Waals surface area contributed by atoms with E-state index in [2.05, 4.69) is 22.2 Å². The molecule has 1 aromatic carbocycles. The largest absolute Gasteiger partial charge is 0.399 e. The maximum Gasteiger partial charge on any atom is 0.106 e. The molecule has 0 spiro atoms. The minimum Gasteiger partial charge on any atom is -0.399 e. The molecule has 0 aliphatic rings. The summed E-state index contributed by atoms with van der Waals surface area (Å²) in [7, 11) is 5.59. The summed E-state index contributed by atoms with van der Waals surface area (Å²) in [5.74, 6) is 0. The lowest BCUT2D eigenvalue weighted by Gasteiger charge is -2.12. The summed E-state index contributed by atoms with van der Waals surface area (Å²) in [6, 6.07) is 8.19. The third kappa shape index (κ3) is 2.49. The summed E-state index contributed by atoms with van der Waals surface area (Å²) in [5.41, 5.74) is 3.15. The van der Waals surface area contributed by atoms with Gasteiger partial charge in [0.1, 0.15) is 7.11 Å². The van der Waals surface area contributed by atoms with Gasteiger partial charge in [-0.2, -0.15) is 0 Å². The second kappa shape index (κ2) is 4.65. The molecule has 3 heteroatoms. The van der Waals surface area contributed by atoms with Gasteiger partial charge in [0.05, 0.1) is 5.71 Å². The predicted octanol–water partition coefficient (Wildman–Crippen LogP) is 2.12. The van der Waals surface area contributed by atoms with E-state index in [9.17, 15) is 0 Å². The highest BCUT2D eigenvalue weighted by molar-refractivity contribution is 5.98. The fourth-order valence-electron chi connectivity index (χ4n) is 1.19. The van der Waals surface area contributed by atoms with Crippen molar-refractivity contribution in [2.45, 2.75) is 6.92 Å². The van der Waals surface area contributed by atoms with Crippen molar-refractivity contribution >= 4 is 11.4 Å². The van der Waals surface area contributed by atoms with Crippen LogP contribution in [0, 0.1) is 0 Å². The third-order valence-corrected chi connectivity index (χ3v) is 2.03. The molecule has 0 aliphatic carbocycles. The zero-order chi connectivity index (χ0) is 10.6. The molecule has 0 heterocycles. The Hall–Kier alpha value is -1.51. The summed E-state index contributed by atoms with van der Waals surface area (Å²) >= 11 is 0. The Balaban J connectivity index is 2.88. The van der Waals surface area contributed by atoms with Gasteiger partial charge in [-0.3, -0.25) is 0 Å². The molecule has 0 unspecified atom stereocenters. The molecule has 3 nitrogen and oxygen atoms in total. The summed E-state index contributed by atoms with van der Waals surface area (Å²) in [5, 5.41) is 3.87. The van der Waals surface area contributed by atoms with E-state index in [0.717, 1.165) is 11.3 Å². The van der Waals surface area contributed by atoms with E-state index in [-0.39, 0.29) is 0 Å². The molecule has 0 amide bonds. The number of benzene rings is 1. The van der Waals surface area contributed by atoms with Crippen molar-refractivity contribution in [1.29, 1.82) is 0 Å². The predicted molar refractivity (Wildman–Crippen MR) is 60.0 cm³/mol. The van der Waals surface area contributed by atoms with Crippen molar-refractivity contribution in [3.05, 3.63) is 29.8 Å². The van der Waals surface area contributed by atoms with Crippen molar-refractivity contribution in [3.8, 4) is 0 Å². The van der Waals surface area contributed by atoms with Crippen LogP contribution in [0.3, 0.4) is 0 Å². The van der Waals surface area contributed by atoms with Gasteiger partial charge in [-0.1, -0.05) is 17.3 Å². The first kappa shape index (κ1) is 10.6. The second-order valence-corrected chi connectivity index (χ2v) is 3.30. The molecule has 0 aliphatic heterocycles. The number of hydrogen-bond acceptors (Lipinski definition) is 3. The lowest BCUT2D eigenvalue weighted by atomic mass is 10.1. The van der Waals surface area contributed by atoms with E-state index < -0.39 is 0 Å². The van der Waals surface area contributed by atoms with Crippen LogP contribution in [0.4, 0.5) is 5.69 Å². The van der Waals surface area contributed by atoms with E-state index in [0.29, 0.717) is 0 Å². The average molecular weight is 192 g/mol. The highest BCUT2D eigenvalue weighted by atomic mass is 16.6. The van der Waals surface area contributed by atoms with Crippen LogP contribution in [0.5, 0.6) is 0 Å². The van der Waals surface area contributed by atoms with Gasteiger partial charge in [0.15, 0.2) is 0 Å². The smallest absolute Gasteiger partial charge is 0.106 e. The van der Waals surface area contributed by atoms with Crippen molar-refractivity contribution in [2.24, 2.45) is 5.16 Å². The van der Waals surface area contributed by atoms with Crippen LogP contribution >= 0.6 is 0 Å². The number of nitrogens with zero attached hydrogens (tertiary/aromatic N) is 2. The lowest BCUT2D eigenvalue weighted by Crippen LogP contribution is -2.08. The molecular weight excluding hydrogens is 176 g/mol. The Kier molecular flexibility index (Phi) is 3.51. The highest BCUT2D eigenvalue weighted by Gasteiger charge is 1.99. The Labute approximate surface area is 85.0 Å². The Morgan fingerprint density at radius 2 is 1.79 bits per heavy atom. The molecule has 0 N–H and O–H groups in total. The number of oxime groups is 1. The number of anilines is 1. The zero-order valence-corrected chi connectivity index (χ0v) is 9.11. The monoisotopic (exact) mass is 192 g/mol. The first-order valence-electron chi connectivity index (χ1n) is 4.50. The molecule has 0 saturated carbocycles. The summed E-state index contributed by atoms with van der Waals surface area (Å²) in [6.07, 6.45) is 0. The molecule has 0 radical (unpaired) electrons. The number of hydrogen-bond donors (Lipinski definition) is 0. The highest BCUT2D eigenvalue weighted by Crippen LogP contribution is 2.12. The molecule has 1 rings (SSSR count). The Bertz CT molecular complexity index is 315. The fraction of sp³-hybridized carbons (Fsp3) is 0.364. The van der Waals surface area contributed by atoms with Crippen LogP contribution in [-0.2, 0) is 4.84 Å². The minimum atomic E-state index is 0.887. The van der Waals surface area contributed by atoms with Gasteiger partial charge in [0, 0.05) is 19.8 Å². The average Bonchev–Trinajstić information content (AvgIpc) is 2.18. The second-order valence-electron chi connectivity index (χ2n) is 3.30. The van der Waals surface area contributed by atoms with Gasteiger partial charge in [0.25, 0.3) is 0 Å². The van der Waals surface area contributed by atoms with Gasteiger partial charge in [-0.15, -0.1) is 0 Å². The maximum absolute atomic E-state index is 4.71. The SMILES string of the molecule is CON=C(C)c1ccc(N(C)C)cc1. The van der Waals surface area contributed by atoms with Gasteiger partial charge in [-0.05, 0) is 24.6 Å². The van der Waals surface area contributed by atoms with Gasteiger partial charge in [-0.25, -0.2) is 0 Å². The van der Waals surface area contributed by atoms with Crippen LogP contribution in [0.2, 0.25) is 0 Å².